The van der Waals surface area contributed by atoms with E-state index in [1.54, 1.807) is 12.1 Å². The highest BCUT2D eigenvalue weighted by atomic mass is 16.6. The molecule has 2 aliphatic rings. The Bertz CT molecular complexity index is 575. The van der Waals surface area contributed by atoms with Crippen LogP contribution in [0.2, 0.25) is 0 Å². The van der Waals surface area contributed by atoms with Gasteiger partial charge in [-0.15, -0.1) is 0 Å². The van der Waals surface area contributed by atoms with Gasteiger partial charge in [-0.25, -0.2) is 10.2 Å². The van der Waals surface area contributed by atoms with Crippen molar-refractivity contribution in [1.29, 1.82) is 0 Å². The Balaban J connectivity index is 1.88. The quantitative estimate of drug-likeness (QED) is 0.566. The number of nitrogens with zero attached hydrogens (tertiary/aromatic N) is 2. The fourth-order valence-corrected chi connectivity index (χ4v) is 2.43. The standard InChI is InChI=1S/C13H19N5O3/c1-16(2)5-4-14-13-15-18(20)11-7-9-3-6-21-12(9)8-10(11)17(13)19/h7-8,17-18H,3-6H2,1-2H3,(H,14,15). The molecule has 0 amide bonds. The molecule has 3 rings (SSSR count). The van der Waals surface area contributed by atoms with Crippen molar-refractivity contribution in [2.24, 2.45) is 4.99 Å². The van der Waals surface area contributed by atoms with E-state index in [1.165, 1.54) is 0 Å². The van der Waals surface area contributed by atoms with Gasteiger partial charge in [0.1, 0.15) is 5.75 Å². The van der Waals surface area contributed by atoms with Crippen molar-refractivity contribution in [2.45, 2.75) is 6.42 Å². The van der Waals surface area contributed by atoms with Crippen LogP contribution in [0.15, 0.2) is 17.1 Å². The Hall–Kier alpha value is -1.71. The summed E-state index contributed by atoms with van der Waals surface area (Å²) in [5.74, 6) is 0.816. The molecule has 0 fully saturated rings. The Morgan fingerprint density at radius 2 is 2.14 bits per heavy atom. The van der Waals surface area contributed by atoms with Gasteiger partial charge in [-0.3, -0.25) is 5.06 Å². The molecule has 8 heteroatoms. The number of hydrogen-bond donors (Lipinski definition) is 3. The van der Waals surface area contributed by atoms with Gasteiger partial charge in [-0.1, -0.05) is 0 Å². The lowest BCUT2D eigenvalue weighted by molar-refractivity contribution is -0.851. The van der Waals surface area contributed by atoms with Gasteiger partial charge in [0.15, 0.2) is 0 Å². The van der Waals surface area contributed by atoms with Gasteiger partial charge >= 0.3 is 5.96 Å². The monoisotopic (exact) mass is 293 g/mol. The summed E-state index contributed by atoms with van der Waals surface area (Å²) >= 11 is 0. The lowest BCUT2D eigenvalue weighted by Crippen LogP contribution is -3.23. The minimum atomic E-state index is -0.275. The molecule has 1 aromatic carbocycles. The predicted molar refractivity (Wildman–Crippen MR) is 77.6 cm³/mol. The maximum Gasteiger partial charge on any atom is 0.347 e. The third kappa shape index (κ3) is 2.71. The van der Waals surface area contributed by atoms with Crippen molar-refractivity contribution in [2.75, 3.05) is 33.8 Å². The van der Waals surface area contributed by atoms with Crippen LogP contribution in [0.25, 0.3) is 0 Å². The molecule has 3 N–H and O–H groups in total. The van der Waals surface area contributed by atoms with Crippen LogP contribution in [0.5, 0.6) is 5.75 Å². The summed E-state index contributed by atoms with van der Waals surface area (Å²) in [6.45, 7) is 1.77. The molecule has 2 heterocycles. The van der Waals surface area contributed by atoms with E-state index in [-0.39, 0.29) is 16.2 Å². The van der Waals surface area contributed by atoms with Crippen molar-refractivity contribution >= 4 is 17.3 Å². The molecule has 2 aliphatic heterocycles. The zero-order valence-electron chi connectivity index (χ0n) is 12.1. The fourth-order valence-electron chi connectivity index (χ4n) is 2.43. The van der Waals surface area contributed by atoms with Gasteiger partial charge in [0, 0.05) is 30.7 Å². The average Bonchev–Trinajstić information content (AvgIpc) is 2.89. The van der Waals surface area contributed by atoms with E-state index in [0.717, 1.165) is 12.0 Å². The second-order valence-electron chi connectivity index (χ2n) is 5.42. The van der Waals surface area contributed by atoms with Gasteiger partial charge in [0.05, 0.1) is 13.2 Å². The van der Waals surface area contributed by atoms with E-state index in [9.17, 15) is 10.4 Å². The Morgan fingerprint density at radius 1 is 1.33 bits per heavy atom. The molecule has 21 heavy (non-hydrogen) atoms. The highest BCUT2D eigenvalue weighted by molar-refractivity contribution is 5.77. The van der Waals surface area contributed by atoms with Gasteiger partial charge in [-0.05, 0) is 14.1 Å². The van der Waals surface area contributed by atoms with Crippen LogP contribution in [-0.2, 0) is 6.42 Å². The first kappa shape index (κ1) is 14.2. The molecule has 0 aromatic heterocycles. The molecule has 2 unspecified atom stereocenters. The van der Waals surface area contributed by atoms with E-state index in [4.69, 9.17) is 4.74 Å². The number of benzene rings is 1. The first-order valence-corrected chi connectivity index (χ1v) is 6.91. The molecular formula is C13H19N5O3. The van der Waals surface area contributed by atoms with Crippen LogP contribution < -0.4 is 20.4 Å². The molecule has 8 nitrogen and oxygen atoms in total. The summed E-state index contributed by atoms with van der Waals surface area (Å²) in [7, 11) is 3.86. The zero-order chi connectivity index (χ0) is 15.0. The number of rotatable bonds is 3. The number of quaternary nitrogens is 2. The molecular weight excluding hydrogens is 274 g/mol. The largest absolute Gasteiger partial charge is 0.621 e. The summed E-state index contributed by atoms with van der Waals surface area (Å²) in [5.41, 5.74) is 4.36. The molecule has 0 radical (unpaired) electrons. The van der Waals surface area contributed by atoms with Crippen molar-refractivity contribution in [1.82, 2.24) is 10.3 Å². The van der Waals surface area contributed by atoms with Crippen LogP contribution in [0.4, 0.5) is 11.4 Å². The summed E-state index contributed by atoms with van der Waals surface area (Å²) in [6, 6.07) is 3.42. The number of aliphatic imine (C=N–C) groups is 1. The molecule has 0 saturated carbocycles. The van der Waals surface area contributed by atoms with E-state index < -0.39 is 0 Å². The van der Waals surface area contributed by atoms with E-state index in [2.05, 4.69) is 10.4 Å². The summed E-state index contributed by atoms with van der Waals surface area (Å²) in [6.07, 6.45) is 0.772. The summed E-state index contributed by atoms with van der Waals surface area (Å²) < 4.78 is 5.47. The van der Waals surface area contributed by atoms with Gasteiger partial charge in [0.2, 0.25) is 11.4 Å². The number of fused-ring (bicyclic) bond motifs is 2. The van der Waals surface area contributed by atoms with E-state index in [0.29, 0.717) is 36.8 Å². The molecule has 0 bridgehead atoms. The lowest BCUT2D eigenvalue weighted by atomic mass is 10.1. The van der Waals surface area contributed by atoms with Crippen molar-refractivity contribution in [3.63, 3.8) is 0 Å². The summed E-state index contributed by atoms with van der Waals surface area (Å²) in [4.78, 5) is 6.17. The Morgan fingerprint density at radius 3 is 2.90 bits per heavy atom. The highest BCUT2D eigenvalue weighted by Gasteiger charge is 2.31. The number of nitrogens with one attached hydrogen (secondary N) is 3. The number of hydroxylamine groups is 1. The molecule has 0 aliphatic carbocycles. The maximum absolute atomic E-state index is 12.4. The SMILES string of the molecule is CN(C)CCN=C1N[NH+]([O-])c2cc3c(cc2[NH+]1[O-])OCC3. The van der Waals surface area contributed by atoms with E-state index >= 15 is 0 Å². The number of likely N-dealkylation sites (N-methyl/N-ethyl adjacent to an activating group) is 1. The van der Waals surface area contributed by atoms with Gasteiger partial charge in [0.25, 0.3) is 0 Å². The molecule has 2 atom stereocenters. The molecule has 0 saturated heterocycles. The third-order valence-corrected chi connectivity index (χ3v) is 3.58. The molecule has 1 aromatic rings. The van der Waals surface area contributed by atoms with Crippen molar-refractivity contribution in [3.05, 3.63) is 28.1 Å². The van der Waals surface area contributed by atoms with Crippen LogP contribution in [0, 0.1) is 10.4 Å². The Labute approximate surface area is 122 Å². The molecule has 0 spiro atoms. The van der Waals surface area contributed by atoms with Crippen molar-refractivity contribution in [3.8, 4) is 5.75 Å². The number of guanidine groups is 1. The number of hydrogen-bond acceptors (Lipinski definition) is 5. The summed E-state index contributed by atoms with van der Waals surface area (Å²) in [5, 5.41) is 24.0. The first-order valence-electron chi connectivity index (χ1n) is 6.91. The predicted octanol–water partition coefficient (Wildman–Crippen LogP) is -1.91. The fraction of sp³-hybridized carbons (Fsp3) is 0.462. The van der Waals surface area contributed by atoms with Crippen LogP contribution in [0.3, 0.4) is 0 Å². The van der Waals surface area contributed by atoms with Crippen LogP contribution >= 0.6 is 0 Å². The number of ether oxygens (including phenoxy) is 1. The topological polar surface area (TPSA) is 91.9 Å². The second kappa shape index (κ2) is 5.58. The van der Waals surface area contributed by atoms with Gasteiger partial charge in [-0.2, -0.15) is 5.43 Å². The smallest absolute Gasteiger partial charge is 0.347 e. The lowest BCUT2D eigenvalue weighted by Gasteiger charge is -2.34. The van der Waals surface area contributed by atoms with Crippen LogP contribution in [0.1, 0.15) is 5.56 Å². The van der Waals surface area contributed by atoms with Crippen molar-refractivity contribution < 1.29 is 15.0 Å². The third-order valence-electron chi connectivity index (χ3n) is 3.58. The van der Waals surface area contributed by atoms with Gasteiger partial charge < -0.3 is 20.1 Å². The second-order valence-corrected chi connectivity index (χ2v) is 5.42. The average molecular weight is 293 g/mol. The zero-order valence-corrected chi connectivity index (χ0v) is 12.1. The molecule has 114 valence electrons. The highest BCUT2D eigenvalue weighted by Crippen LogP contribution is 2.31. The van der Waals surface area contributed by atoms with E-state index in [1.807, 2.05) is 19.0 Å². The Kier molecular flexibility index (Phi) is 3.79. The van der Waals surface area contributed by atoms with Crippen LogP contribution in [-0.4, -0.2) is 44.7 Å². The minimum Gasteiger partial charge on any atom is -0.621 e. The normalized spacial score (nSPS) is 25.5. The first-order chi connectivity index (χ1) is 10.1. The maximum atomic E-state index is 12.4. The minimum absolute atomic E-state index is 0.118.